The van der Waals surface area contributed by atoms with E-state index in [0.717, 1.165) is 0 Å². The molecule has 98 valence electrons. The number of carbonyl (C=O) groups excluding carboxylic acids is 3. The van der Waals surface area contributed by atoms with Gasteiger partial charge in [0.1, 0.15) is 17.9 Å². The highest BCUT2D eigenvalue weighted by atomic mass is 16.6. The lowest BCUT2D eigenvalue weighted by atomic mass is 10.0. The Morgan fingerprint density at radius 1 is 1.18 bits per heavy atom. The van der Waals surface area contributed by atoms with E-state index in [1.807, 2.05) is 0 Å². The fourth-order valence-corrected chi connectivity index (χ4v) is 1.03. The van der Waals surface area contributed by atoms with Crippen LogP contribution in [0, 0.1) is 5.92 Å². The van der Waals surface area contributed by atoms with Gasteiger partial charge in [0.15, 0.2) is 5.78 Å². The van der Waals surface area contributed by atoms with Crippen molar-refractivity contribution in [1.82, 2.24) is 0 Å². The van der Waals surface area contributed by atoms with Crippen LogP contribution in [-0.4, -0.2) is 29.9 Å². The molecule has 0 aromatic carbocycles. The molecule has 0 heterocycles. The molecular weight excluding hydrogens is 224 g/mol. The number of esters is 2. The fraction of sp³-hybridized carbons (Fsp3) is 0.750. The van der Waals surface area contributed by atoms with Crippen molar-refractivity contribution >= 4 is 17.7 Å². The molecule has 0 aromatic heterocycles. The number of rotatable bonds is 5. The normalized spacial score (nSPS) is 12.8. The van der Waals surface area contributed by atoms with Crippen molar-refractivity contribution in [2.75, 3.05) is 6.61 Å². The third-order valence-electron chi connectivity index (χ3n) is 1.87. The molecule has 0 radical (unpaired) electrons. The summed E-state index contributed by atoms with van der Waals surface area (Å²) in [5.41, 5.74) is -0.643. The Hall–Kier alpha value is -1.39. The molecule has 0 aliphatic carbocycles. The van der Waals surface area contributed by atoms with Crippen LogP contribution >= 0.6 is 0 Å². The van der Waals surface area contributed by atoms with E-state index in [9.17, 15) is 14.4 Å². The van der Waals surface area contributed by atoms with Crippen LogP contribution in [0.25, 0.3) is 0 Å². The average Bonchev–Trinajstić information content (AvgIpc) is 2.13. The molecule has 5 nitrogen and oxygen atoms in total. The van der Waals surface area contributed by atoms with Crippen LogP contribution in [0.15, 0.2) is 0 Å². The molecule has 0 saturated carbocycles. The van der Waals surface area contributed by atoms with E-state index in [1.54, 1.807) is 27.7 Å². The Morgan fingerprint density at radius 3 is 2.12 bits per heavy atom. The predicted molar refractivity (Wildman–Crippen MR) is 61.3 cm³/mol. The minimum Gasteiger partial charge on any atom is -0.466 e. The van der Waals surface area contributed by atoms with Crippen molar-refractivity contribution in [2.24, 2.45) is 5.92 Å². The number of ether oxygens (including phenoxy) is 2. The SMILES string of the molecule is CCOC(=O)CC(=O)C(C)C(=O)OC(C)(C)C. The summed E-state index contributed by atoms with van der Waals surface area (Å²) in [6.07, 6.45) is -0.395. The lowest BCUT2D eigenvalue weighted by molar-refractivity contribution is -0.161. The van der Waals surface area contributed by atoms with Gasteiger partial charge < -0.3 is 9.47 Å². The molecule has 5 heteroatoms. The number of hydrogen-bond acceptors (Lipinski definition) is 5. The first-order valence-electron chi connectivity index (χ1n) is 5.58. The first kappa shape index (κ1) is 15.6. The summed E-state index contributed by atoms with van der Waals surface area (Å²) in [4.78, 5) is 34.2. The summed E-state index contributed by atoms with van der Waals surface area (Å²) in [6.45, 7) is 8.44. The number of carbonyl (C=O) groups is 3. The molecule has 0 spiro atoms. The highest BCUT2D eigenvalue weighted by Gasteiger charge is 2.28. The molecule has 1 unspecified atom stereocenters. The van der Waals surface area contributed by atoms with Crippen LogP contribution in [0.4, 0.5) is 0 Å². The predicted octanol–water partition coefficient (Wildman–Crippen LogP) is 1.49. The van der Waals surface area contributed by atoms with Crippen molar-refractivity contribution in [3.8, 4) is 0 Å². The second-order valence-electron chi connectivity index (χ2n) is 4.70. The highest BCUT2D eigenvalue weighted by molar-refractivity contribution is 6.05. The zero-order chi connectivity index (χ0) is 13.6. The summed E-state index contributed by atoms with van der Waals surface area (Å²) < 4.78 is 9.68. The Labute approximate surface area is 101 Å². The molecule has 0 bridgehead atoms. The molecule has 0 aromatic rings. The van der Waals surface area contributed by atoms with Gasteiger partial charge in [0.25, 0.3) is 0 Å². The largest absolute Gasteiger partial charge is 0.466 e. The van der Waals surface area contributed by atoms with Crippen LogP contribution in [0.2, 0.25) is 0 Å². The fourth-order valence-electron chi connectivity index (χ4n) is 1.03. The molecule has 0 N–H and O–H groups in total. The lowest BCUT2D eigenvalue weighted by Crippen LogP contribution is -2.32. The molecule has 0 saturated heterocycles. The van der Waals surface area contributed by atoms with E-state index in [2.05, 4.69) is 4.74 Å². The van der Waals surface area contributed by atoms with Gasteiger partial charge in [-0.3, -0.25) is 14.4 Å². The minimum absolute atomic E-state index is 0.215. The second kappa shape index (κ2) is 6.37. The minimum atomic E-state index is -0.946. The standard InChI is InChI=1S/C12H20O5/c1-6-16-10(14)7-9(13)8(2)11(15)17-12(3,4)5/h8H,6-7H2,1-5H3. The second-order valence-corrected chi connectivity index (χ2v) is 4.70. The maximum atomic E-state index is 11.6. The van der Waals surface area contributed by atoms with Gasteiger partial charge in [-0.25, -0.2) is 0 Å². The van der Waals surface area contributed by atoms with Crippen molar-refractivity contribution < 1.29 is 23.9 Å². The van der Waals surface area contributed by atoms with Gasteiger partial charge in [0.2, 0.25) is 0 Å². The number of hydrogen-bond donors (Lipinski definition) is 0. The summed E-state index contributed by atoms with van der Waals surface area (Å²) in [7, 11) is 0. The summed E-state index contributed by atoms with van der Waals surface area (Å²) in [6, 6.07) is 0. The smallest absolute Gasteiger partial charge is 0.316 e. The first-order chi connectivity index (χ1) is 7.67. The van der Waals surface area contributed by atoms with E-state index >= 15 is 0 Å². The molecule has 0 aliphatic rings. The molecule has 17 heavy (non-hydrogen) atoms. The quantitative estimate of drug-likeness (QED) is 0.541. The van der Waals surface area contributed by atoms with Crippen molar-refractivity contribution in [1.29, 1.82) is 0 Å². The molecule has 0 aliphatic heterocycles. The van der Waals surface area contributed by atoms with E-state index in [1.165, 1.54) is 6.92 Å². The van der Waals surface area contributed by atoms with E-state index in [4.69, 9.17) is 4.74 Å². The van der Waals surface area contributed by atoms with Crippen molar-refractivity contribution in [2.45, 2.75) is 46.6 Å². The lowest BCUT2D eigenvalue weighted by Gasteiger charge is -2.21. The van der Waals surface area contributed by atoms with Crippen molar-refractivity contribution in [3.63, 3.8) is 0 Å². The maximum Gasteiger partial charge on any atom is 0.316 e. The van der Waals surface area contributed by atoms with Gasteiger partial charge in [-0.15, -0.1) is 0 Å². The molecule has 0 fully saturated rings. The van der Waals surface area contributed by atoms with E-state index in [0.29, 0.717) is 0 Å². The van der Waals surface area contributed by atoms with Crippen LogP contribution in [0.1, 0.15) is 41.0 Å². The maximum absolute atomic E-state index is 11.6. The summed E-state index contributed by atoms with van der Waals surface area (Å²) in [5.74, 6) is -2.67. The van der Waals surface area contributed by atoms with E-state index < -0.39 is 35.7 Å². The molecule has 0 amide bonds. The number of ketones is 1. The third kappa shape index (κ3) is 6.71. The zero-order valence-electron chi connectivity index (χ0n) is 11.0. The topological polar surface area (TPSA) is 69.7 Å². The van der Waals surface area contributed by atoms with Crippen LogP contribution in [-0.2, 0) is 23.9 Å². The Bertz CT molecular complexity index is 301. The number of Topliss-reactive ketones (excluding diaryl/α,β-unsaturated/α-hetero) is 1. The van der Waals surface area contributed by atoms with Gasteiger partial charge in [-0.05, 0) is 34.6 Å². The molecular formula is C12H20O5. The average molecular weight is 244 g/mol. The van der Waals surface area contributed by atoms with Crippen LogP contribution < -0.4 is 0 Å². The highest BCUT2D eigenvalue weighted by Crippen LogP contribution is 2.12. The van der Waals surface area contributed by atoms with E-state index in [-0.39, 0.29) is 6.61 Å². The zero-order valence-corrected chi connectivity index (χ0v) is 11.0. The Balaban J connectivity index is 4.31. The van der Waals surface area contributed by atoms with Gasteiger partial charge in [0, 0.05) is 0 Å². The van der Waals surface area contributed by atoms with Gasteiger partial charge in [0.05, 0.1) is 6.61 Å². The summed E-state index contributed by atoms with van der Waals surface area (Å²) >= 11 is 0. The summed E-state index contributed by atoms with van der Waals surface area (Å²) in [5, 5.41) is 0. The monoisotopic (exact) mass is 244 g/mol. The van der Waals surface area contributed by atoms with Crippen LogP contribution in [0.5, 0.6) is 0 Å². The van der Waals surface area contributed by atoms with Gasteiger partial charge in [-0.1, -0.05) is 0 Å². The first-order valence-corrected chi connectivity index (χ1v) is 5.58. The Morgan fingerprint density at radius 2 is 1.71 bits per heavy atom. The molecule has 1 atom stereocenters. The van der Waals surface area contributed by atoms with Gasteiger partial charge >= 0.3 is 11.9 Å². The molecule has 0 rings (SSSR count). The van der Waals surface area contributed by atoms with Crippen molar-refractivity contribution in [3.05, 3.63) is 0 Å². The third-order valence-corrected chi connectivity index (χ3v) is 1.87. The van der Waals surface area contributed by atoms with Crippen LogP contribution in [0.3, 0.4) is 0 Å². The Kier molecular flexibility index (Phi) is 5.85. The van der Waals surface area contributed by atoms with Gasteiger partial charge in [-0.2, -0.15) is 0 Å².